The Balaban J connectivity index is 2.72. The van der Waals surface area contributed by atoms with Crippen LogP contribution in [0.5, 0.6) is 5.75 Å². The SMILES string of the molecule is CCCOc1cc(N)cc(Br)c1. The van der Waals surface area contributed by atoms with Gasteiger partial charge in [0.25, 0.3) is 0 Å². The van der Waals surface area contributed by atoms with Gasteiger partial charge in [-0.2, -0.15) is 0 Å². The number of halogens is 1. The third kappa shape index (κ3) is 2.74. The average molecular weight is 230 g/mol. The molecule has 66 valence electrons. The first-order valence-electron chi connectivity index (χ1n) is 3.91. The predicted molar refractivity (Wildman–Crippen MR) is 54.3 cm³/mol. The second-order valence-electron chi connectivity index (χ2n) is 2.57. The van der Waals surface area contributed by atoms with Gasteiger partial charge >= 0.3 is 0 Å². The summed E-state index contributed by atoms with van der Waals surface area (Å²) >= 11 is 3.34. The van der Waals surface area contributed by atoms with E-state index >= 15 is 0 Å². The van der Waals surface area contributed by atoms with Crippen LogP contribution in [0.25, 0.3) is 0 Å². The molecule has 12 heavy (non-hydrogen) atoms. The zero-order valence-electron chi connectivity index (χ0n) is 7.01. The zero-order chi connectivity index (χ0) is 8.97. The highest BCUT2D eigenvalue weighted by atomic mass is 79.9. The minimum absolute atomic E-state index is 0.718. The summed E-state index contributed by atoms with van der Waals surface area (Å²) in [5, 5.41) is 0. The van der Waals surface area contributed by atoms with E-state index in [9.17, 15) is 0 Å². The lowest BCUT2D eigenvalue weighted by atomic mass is 10.3. The highest BCUT2D eigenvalue weighted by Crippen LogP contribution is 2.22. The van der Waals surface area contributed by atoms with Crippen LogP contribution in [0.2, 0.25) is 0 Å². The van der Waals surface area contributed by atoms with Gasteiger partial charge in [0.1, 0.15) is 5.75 Å². The van der Waals surface area contributed by atoms with Crippen molar-refractivity contribution in [3.8, 4) is 5.75 Å². The van der Waals surface area contributed by atoms with Gasteiger partial charge in [0.15, 0.2) is 0 Å². The van der Waals surface area contributed by atoms with Gasteiger partial charge in [-0.3, -0.25) is 0 Å². The molecule has 0 fully saturated rings. The molecule has 1 rings (SSSR count). The Morgan fingerprint density at radius 2 is 2.17 bits per heavy atom. The fourth-order valence-electron chi connectivity index (χ4n) is 0.888. The molecule has 0 aromatic heterocycles. The minimum Gasteiger partial charge on any atom is -0.493 e. The number of hydrogen-bond acceptors (Lipinski definition) is 2. The minimum atomic E-state index is 0.718. The maximum absolute atomic E-state index is 5.62. The molecule has 2 N–H and O–H groups in total. The zero-order valence-corrected chi connectivity index (χ0v) is 8.60. The van der Waals surface area contributed by atoms with E-state index in [2.05, 4.69) is 22.9 Å². The molecule has 0 spiro atoms. The van der Waals surface area contributed by atoms with Gasteiger partial charge in [-0.25, -0.2) is 0 Å². The second kappa shape index (κ2) is 4.36. The van der Waals surface area contributed by atoms with Gasteiger partial charge in [-0.1, -0.05) is 22.9 Å². The van der Waals surface area contributed by atoms with Crippen molar-refractivity contribution in [3.63, 3.8) is 0 Å². The number of nitrogen functional groups attached to an aromatic ring is 1. The van der Waals surface area contributed by atoms with Gasteiger partial charge in [0.2, 0.25) is 0 Å². The van der Waals surface area contributed by atoms with Crippen LogP contribution in [0.4, 0.5) is 5.69 Å². The number of anilines is 1. The summed E-state index contributed by atoms with van der Waals surface area (Å²) in [5.74, 6) is 0.823. The Morgan fingerprint density at radius 1 is 1.42 bits per heavy atom. The average Bonchev–Trinajstić information content (AvgIpc) is 1.99. The molecule has 0 aliphatic heterocycles. The fourth-order valence-corrected chi connectivity index (χ4v) is 1.38. The summed E-state index contributed by atoms with van der Waals surface area (Å²) in [6.07, 6.45) is 1.01. The van der Waals surface area contributed by atoms with Gasteiger partial charge < -0.3 is 10.5 Å². The molecular formula is C9H12BrNO. The number of ether oxygens (including phenoxy) is 1. The second-order valence-corrected chi connectivity index (χ2v) is 3.48. The Bertz CT molecular complexity index is 242. The van der Waals surface area contributed by atoms with Crippen molar-refractivity contribution in [1.82, 2.24) is 0 Å². The molecule has 0 aliphatic carbocycles. The molecule has 0 aliphatic rings. The molecule has 0 saturated carbocycles. The number of benzene rings is 1. The molecule has 2 nitrogen and oxygen atoms in total. The Hall–Kier alpha value is -0.700. The first kappa shape index (κ1) is 9.39. The van der Waals surface area contributed by atoms with E-state index in [4.69, 9.17) is 10.5 Å². The Morgan fingerprint density at radius 3 is 2.75 bits per heavy atom. The highest BCUT2D eigenvalue weighted by molar-refractivity contribution is 9.10. The molecule has 1 aromatic rings. The normalized spacial score (nSPS) is 9.83. The maximum atomic E-state index is 5.62. The molecular weight excluding hydrogens is 218 g/mol. The monoisotopic (exact) mass is 229 g/mol. The summed E-state index contributed by atoms with van der Waals surface area (Å²) < 4.78 is 6.36. The van der Waals surface area contributed by atoms with Crippen molar-refractivity contribution >= 4 is 21.6 Å². The molecule has 0 unspecified atom stereocenters. The molecule has 3 heteroatoms. The van der Waals surface area contributed by atoms with Crippen molar-refractivity contribution in [2.75, 3.05) is 12.3 Å². The van der Waals surface area contributed by atoms with Gasteiger partial charge in [0, 0.05) is 16.2 Å². The van der Waals surface area contributed by atoms with Crippen LogP contribution in [0.3, 0.4) is 0 Å². The summed E-state index contributed by atoms with van der Waals surface area (Å²) in [6.45, 7) is 2.80. The molecule has 0 amide bonds. The molecule has 0 atom stereocenters. The van der Waals surface area contributed by atoms with Crippen LogP contribution >= 0.6 is 15.9 Å². The Labute approximate surface area is 80.8 Å². The highest BCUT2D eigenvalue weighted by Gasteiger charge is 1.96. The van der Waals surface area contributed by atoms with Crippen LogP contribution in [-0.4, -0.2) is 6.61 Å². The first-order valence-corrected chi connectivity index (χ1v) is 4.70. The van der Waals surface area contributed by atoms with Crippen LogP contribution < -0.4 is 10.5 Å². The van der Waals surface area contributed by atoms with E-state index in [1.54, 1.807) is 0 Å². The largest absolute Gasteiger partial charge is 0.493 e. The third-order valence-corrected chi connectivity index (χ3v) is 1.82. The lowest BCUT2D eigenvalue weighted by Gasteiger charge is -2.05. The molecule has 0 saturated heterocycles. The van der Waals surface area contributed by atoms with E-state index in [0.717, 1.165) is 28.9 Å². The number of rotatable bonds is 3. The standard InChI is InChI=1S/C9H12BrNO/c1-2-3-12-9-5-7(10)4-8(11)6-9/h4-6H,2-3,11H2,1H3. The van der Waals surface area contributed by atoms with E-state index < -0.39 is 0 Å². The van der Waals surface area contributed by atoms with E-state index in [0.29, 0.717) is 0 Å². The van der Waals surface area contributed by atoms with E-state index in [1.807, 2.05) is 18.2 Å². The quantitative estimate of drug-likeness (QED) is 0.810. The van der Waals surface area contributed by atoms with Crippen molar-refractivity contribution < 1.29 is 4.74 Å². The van der Waals surface area contributed by atoms with E-state index in [-0.39, 0.29) is 0 Å². The number of nitrogens with two attached hydrogens (primary N) is 1. The van der Waals surface area contributed by atoms with Crippen molar-refractivity contribution in [2.45, 2.75) is 13.3 Å². The molecule has 0 radical (unpaired) electrons. The predicted octanol–water partition coefficient (Wildman–Crippen LogP) is 2.82. The summed E-state index contributed by atoms with van der Waals surface area (Å²) in [4.78, 5) is 0. The maximum Gasteiger partial charge on any atom is 0.122 e. The van der Waals surface area contributed by atoms with Gasteiger partial charge in [-0.15, -0.1) is 0 Å². The summed E-state index contributed by atoms with van der Waals surface area (Å²) in [5.41, 5.74) is 6.34. The smallest absolute Gasteiger partial charge is 0.122 e. The van der Waals surface area contributed by atoms with Gasteiger partial charge in [-0.05, 0) is 18.6 Å². The van der Waals surface area contributed by atoms with Crippen molar-refractivity contribution in [2.24, 2.45) is 0 Å². The third-order valence-electron chi connectivity index (χ3n) is 1.37. The lowest BCUT2D eigenvalue weighted by molar-refractivity contribution is 0.317. The topological polar surface area (TPSA) is 35.2 Å². The fraction of sp³-hybridized carbons (Fsp3) is 0.333. The Kier molecular flexibility index (Phi) is 3.41. The molecule has 1 aromatic carbocycles. The first-order chi connectivity index (χ1) is 5.72. The van der Waals surface area contributed by atoms with Crippen molar-refractivity contribution in [3.05, 3.63) is 22.7 Å². The van der Waals surface area contributed by atoms with E-state index in [1.165, 1.54) is 0 Å². The van der Waals surface area contributed by atoms with Crippen LogP contribution in [-0.2, 0) is 0 Å². The van der Waals surface area contributed by atoms with Crippen molar-refractivity contribution in [1.29, 1.82) is 0 Å². The summed E-state index contributed by atoms with van der Waals surface area (Å²) in [6, 6.07) is 5.57. The van der Waals surface area contributed by atoms with Crippen LogP contribution in [0, 0.1) is 0 Å². The van der Waals surface area contributed by atoms with Crippen LogP contribution in [0.15, 0.2) is 22.7 Å². The van der Waals surface area contributed by atoms with Gasteiger partial charge in [0.05, 0.1) is 6.61 Å². The molecule has 0 heterocycles. The summed E-state index contributed by atoms with van der Waals surface area (Å²) in [7, 11) is 0. The lowest BCUT2D eigenvalue weighted by Crippen LogP contribution is -1.95. The number of hydrogen-bond donors (Lipinski definition) is 1. The van der Waals surface area contributed by atoms with Crippen LogP contribution in [0.1, 0.15) is 13.3 Å². The molecule has 0 bridgehead atoms.